The Balaban J connectivity index is 2.47. The third-order valence-electron chi connectivity index (χ3n) is 3.15. The second kappa shape index (κ2) is 4.55. The maximum atomic E-state index is 13.9. The molecule has 0 spiro atoms. The summed E-state index contributed by atoms with van der Waals surface area (Å²) in [5.74, 6) is -1.81. The number of rotatable bonds is 2. The van der Waals surface area contributed by atoms with Crippen molar-refractivity contribution in [3.8, 4) is 5.69 Å². The predicted octanol–water partition coefficient (Wildman–Crippen LogP) is 1.86. The molecule has 0 saturated heterocycles. The summed E-state index contributed by atoms with van der Waals surface area (Å²) in [6.07, 6.45) is 0. The second-order valence-electron chi connectivity index (χ2n) is 4.56. The number of aromatic amines is 1. The summed E-state index contributed by atoms with van der Waals surface area (Å²) in [7, 11) is 0. The lowest BCUT2D eigenvalue weighted by atomic mass is 10.1. The van der Waals surface area contributed by atoms with E-state index in [1.807, 2.05) is 0 Å². The molecule has 1 aromatic carbocycles. The van der Waals surface area contributed by atoms with Crippen LogP contribution in [0.5, 0.6) is 0 Å². The highest BCUT2D eigenvalue weighted by atomic mass is 19.1. The van der Waals surface area contributed by atoms with Gasteiger partial charge in [0.25, 0.3) is 0 Å². The Kier molecular flexibility index (Phi) is 2.83. The van der Waals surface area contributed by atoms with Gasteiger partial charge in [0.15, 0.2) is 5.69 Å². The van der Waals surface area contributed by atoms with Crippen LogP contribution in [0.1, 0.15) is 16.1 Å². The van der Waals surface area contributed by atoms with Gasteiger partial charge >= 0.3 is 5.97 Å². The lowest BCUT2D eigenvalue weighted by Gasteiger charge is -2.04. The number of halogens is 1. The van der Waals surface area contributed by atoms with Crippen LogP contribution in [-0.4, -0.2) is 25.8 Å². The van der Waals surface area contributed by atoms with Crippen molar-refractivity contribution in [1.29, 1.82) is 0 Å². The minimum absolute atomic E-state index is 0.0660. The van der Waals surface area contributed by atoms with Gasteiger partial charge in [-0.25, -0.2) is 13.9 Å². The van der Waals surface area contributed by atoms with E-state index in [0.29, 0.717) is 5.56 Å². The molecule has 0 aliphatic rings. The van der Waals surface area contributed by atoms with Gasteiger partial charge in [-0.1, -0.05) is 12.1 Å². The van der Waals surface area contributed by atoms with Gasteiger partial charge in [0.2, 0.25) is 5.56 Å². The minimum Gasteiger partial charge on any atom is -0.476 e. The van der Waals surface area contributed by atoms with E-state index in [0.717, 1.165) is 4.68 Å². The maximum Gasteiger partial charge on any atom is 0.357 e. The number of aromatic nitrogens is 3. The number of nitrogens with one attached hydrogen (secondary N) is 1. The molecule has 21 heavy (non-hydrogen) atoms. The van der Waals surface area contributed by atoms with Crippen LogP contribution >= 0.6 is 0 Å². The number of aryl methyl sites for hydroxylation is 1. The zero-order chi connectivity index (χ0) is 15.1. The summed E-state index contributed by atoms with van der Waals surface area (Å²) >= 11 is 0. The van der Waals surface area contributed by atoms with Crippen LogP contribution in [0.3, 0.4) is 0 Å². The van der Waals surface area contributed by atoms with Gasteiger partial charge in [0.05, 0.1) is 5.39 Å². The molecule has 2 N–H and O–H groups in total. The molecule has 0 unspecified atom stereocenters. The molecule has 0 radical (unpaired) electrons. The van der Waals surface area contributed by atoms with E-state index in [1.54, 1.807) is 13.0 Å². The summed E-state index contributed by atoms with van der Waals surface area (Å²) in [5, 5.41) is 13.5. The number of carboxylic acid groups (broad SMARTS) is 1. The summed E-state index contributed by atoms with van der Waals surface area (Å²) in [4.78, 5) is 25.4. The molecule has 3 aromatic rings. The van der Waals surface area contributed by atoms with Crippen molar-refractivity contribution in [2.24, 2.45) is 0 Å². The number of hydrogen-bond donors (Lipinski definition) is 2. The van der Waals surface area contributed by atoms with Crippen molar-refractivity contribution in [3.63, 3.8) is 0 Å². The highest BCUT2D eigenvalue weighted by Gasteiger charge is 2.21. The van der Waals surface area contributed by atoms with E-state index in [-0.39, 0.29) is 22.4 Å². The van der Waals surface area contributed by atoms with Gasteiger partial charge in [0, 0.05) is 6.07 Å². The highest BCUT2D eigenvalue weighted by molar-refractivity contribution is 6.01. The van der Waals surface area contributed by atoms with Gasteiger partial charge in [-0.15, -0.1) is 0 Å². The Labute approximate surface area is 117 Å². The van der Waals surface area contributed by atoms with Crippen molar-refractivity contribution in [2.45, 2.75) is 6.92 Å². The quantitative estimate of drug-likeness (QED) is 0.753. The first-order chi connectivity index (χ1) is 9.99. The first kappa shape index (κ1) is 13.0. The number of nitrogens with zero attached hydrogens (tertiary/aromatic N) is 2. The molecule has 0 atom stereocenters. The smallest absolute Gasteiger partial charge is 0.357 e. The van der Waals surface area contributed by atoms with Gasteiger partial charge in [-0.2, -0.15) is 5.10 Å². The third-order valence-corrected chi connectivity index (χ3v) is 3.15. The summed E-state index contributed by atoms with van der Waals surface area (Å²) in [6, 6.07) is 7.07. The Bertz CT molecular complexity index is 927. The fourth-order valence-corrected chi connectivity index (χ4v) is 2.28. The van der Waals surface area contributed by atoms with Crippen LogP contribution in [0, 0.1) is 12.7 Å². The molecule has 6 nitrogen and oxygen atoms in total. The molecule has 106 valence electrons. The van der Waals surface area contributed by atoms with E-state index in [4.69, 9.17) is 0 Å². The number of H-pyrrole nitrogens is 1. The zero-order valence-electron chi connectivity index (χ0n) is 10.9. The molecule has 0 aliphatic heterocycles. The Morgan fingerprint density at radius 1 is 1.38 bits per heavy atom. The normalized spacial score (nSPS) is 11.0. The van der Waals surface area contributed by atoms with Crippen LogP contribution in [0.2, 0.25) is 0 Å². The number of pyridine rings is 1. The van der Waals surface area contributed by atoms with Crippen LogP contribution in [-0.2, 0) is 0 Å². The van der Waals surface area contributed by atoms with Crippen LogP contribution in [0.25, 0.3) is 16.7 Å². The molecule has 0 aliphatic carbocycles. The molecular weight excluding hydrogens is 277 g/mol. The molecule has 2 aromatic heterocycles. The number of carbonyl (C=O) groups is 1. The highest BCUT2D eigenvalue weighted by Crippen LogP contribution is 2.23. The fraction of sp³-hybridized carbons (Fsp3) is 0.0714. The topological polar surface area (TPSA) is 88.0 Å². The molecule has 2 heterocycles. The van der Waals surface area contributed by atoms with Crippen molar-refractivity contribution in [2.75, 3.05) is 0 Å². The number of hydrogen-bond acceptors (Lipinski definition) is 3. The molecule has 0 amide bonds. The van der Waals surface area contributed by atoms with Crippen molar-refractivity contribution >= 4 is 17.0 Å². The molecular formula is C14H10FN3O3. The van der Waals surface area contributed by atoms with E-state index in [9.17, 15) is 19.1 Å². The summed E-state index contributed by atoms with van der Waals surface area (Å²) in [5.41, 5.74) is 0.0453. The predicted molar refractivity (Wildman–Crippen MR) is 73.3 cm³/mol. The van der Waals surface area contributed by atoms with Crippen molar-refractivity contribution in [1.82, 2.24) is 14.8 Å². The first-order valence-electron chi connectivity index (χ1n) is 6.10. The number of carboxylic acids is 1. The number of para-hydroxylation sites is 1. The number of aromatic carboxylic acids is 1. The maximum absolute atomic E-state index is 13.9. The summed E-state index contributed by atoms with van der Waals surface area (Å²) in [6.45, 7) is 1.61. The number of benzene rings is 1. The van der Waals surface area contributed by atoms with E-state index < -0.39 is 17.3 Å². The minimum atomic E-state index is -1.25. The van der Waals surface area contributed by atoms with E-state index in [1.165, 1.54) is 24.3 Å². The standard InChI is InChI=1S/C14H10FN3O3/c1-7-6-10(19)16-13-11(7)12(14(20)21)17-18(13)9-5-3-2-4-8(9)15/h2-6H,1H3,(H,16,19)(H,20,21). The van der Waals surface area contributed by atoms with Crippen LogP contribution < -0.4 is 5.56 Å². The Hall–Kier alpha value is -2.96. The Morgan fingerprint density at radius 2 is 2.10 bits per heavy atom. The van der Waals surface area contributed by atoms with Gasteiger partial charge < -0.3 is 10.1 Å². The first-order valence-corrected chi connectivity index (χ1v) is 6.10. The Morgan fingerprint density at radius 3 is 2.76 bits per heavy atom. The van der Waals surface area contributed by atoms with Crippen molar-refractivity contribution in [3.05, 3.63) is 57.8 Å². The van der Waals surface area contributed by atoms with Gasteiger partial charge in [0.1, 0.15) is 17.2 Å². The largest absolute Gasteiger partial charge is 0.476 e. The lowest BCUT2D eigenvalue weighted by molar-refractivity contribution is 0.0692. The van der Waals surface area contributed by atoms with Crippen molar-refractivity contribution < 1.29 is 14.3 Å². The summed E-state index contributed by atoms with van der Waals surface area (Å²) < 4.78 is 15.0. The fourth-order valence-electron chi connectivity index (χ4n) is 2.28. The van der Waals surface area contributed by atoms with E-state index >= 15 is 0 Å². The van der Waals surface area contributed by atoms with Crippen LogP contribution in [0.15, 0.2) is 35.1 Å². The number of fused-ring (bicyclic) bond motifs is 1. The van der Waals surface area contributed by atoms with E-state index in [2.05, 4.69) is 10.1 Å². The molecule has 7 heteroatoms. The lowest BCUT2D eigenvalue weighted by Crippen LogP contribution is -2.08. The molecule has 0 saturated carbocycles. The van der Waals surface area contributed by atoms with Gasteiger partial charge in [-0.05, 0) is 24.6 Å². The van der Waals surface area contributed by atoms with Gasteiger partial charge in [-0.3, -0.25) is 4.79 Å². The third kappa shape index (κ3) is 1.99. The zero-order valence-corrected chi connectivity index (χ0v) is 10.9. The molecule has 0 fully saturated rings. The monoisotopic (exact) mass is 287 g/mol. The SMILES string of the molecule is Cc1cc(=O)[nH]c2c1c(C(=O)O)nn2-c1ccccc1F. The average Bonchev–Trinajstić information content (AvgIpc) is 2.79. The molecule has 3 rings (SSSR count). The molecule has 0 bridgehead atoms. The second-order valence-corrected chi connectivity index (χ2v) is 4.56. The van der Waals surface area contributed by atoms with Crippen LogP contribution in [0.4, 0.5) is 4.39 Å². The average molecular weight is 287 g/mol.